The first-order chi connectivity index (χ1) is 10.0. The average Bonchev–Trinajstić information content (AvgIpc) is 3.06. The van der Waals surface area contributed by atoms with Crippen LogP contribution >= 0.6 is 0 Å². The predicted octanol–water partition coefficient (Wildman–Crippen LogP) is 2.26. The van der Waals surface area contributed by atoms with Crippen molar-refractivity contribution in [1.82, 2.24) is 15.1 Å². The number of rotatable bonds is 2. The van der Waals surface area contributed by atoms with Gasteiger partial charge in [0.05, 0.1) is 17.4 Å². The van der Waals surface area contributed by atoms with Crippen molar-refractivity contribution in [1.29, 1.82) is 0 Å². The van der Waals surface area contributed by atoms with Crippen molar-refractivity contribution in [3.8, 4) is 0 Å². The zero-order valence-corrected chi connectivity index (χ0v) is 12.9. The fourth-order valence-electron chi connectivity index (χ4n) is 4.13. The van der Waals surface area contributed by atoms with Gasteiger partial charge in [0.15, 0.2) is 0 Å². The number of carbonyl (C=O) groups excluding carboxylic acids is 1. The highest BCUT2D eigenvalue weighted by Crippen LogP contribution is 2.41. The Morgan fingerprint density at radius 2 is 2.24 bits per heavy atom. The zero-order valence-electron chi connectivity index (χ0n) is 12.9. The van der Waals surface area contributed by atoms with Gasteiger partial charge in [-0.2, -0.15) is 5.10 Å². The van der Waals surface area contributed by atoms with Gasteiger partial charge in [0.1, 0.15) is 0 Å². The highest BCUT2D eigenvalue weighted by molar-refractivity contribution is 5.95. The minimum atomic E-state index is -0.642. The summed E-state index contributed by atoms with van der Waals surface area (Å²) in [5, 5.41) is 17.5. The van der Waals surface area contributed by atoms with E-state index in [1.807, 2.05) is 18.7 Å². The minimum absolute atomic E-state index is 0.0603. The van der Waals surface area contributed by atoms with Crippen LogP contribution in [0.5, 0.6) is 0 Å². The SMILES string of the molecule is Cc1[nH]ncc1C(=O)N1CCC[C@@H]1[C@@H]1CCCC[C@]1(C)O. The predicted molar refractivity (Wildman–Crippen MR) is 80.0 cm³/mol. The Morgan fingerprint density at radius 3 is 2.90 bits per heavy atom. The maximum atomic E-state index is 12.8. The standard InChI is InChI=1S/C16H25N3O2/c1-11-12(10-17-18-11)15(20)19-9-5-7-14(19)13-6-3-4-8-16(13,2)21/h10,13-14,21H,3-9H2,1-2H3,(H,17,18)/t13-,14+,16-/m0/s1. The molecular weight excluding hydrogens is 266 g/mol. The summed E-state index contributed by atoms with van der Waals surface area (Å²) in [5.74, 6) is 0.259. The van der Waals surface area contributed by atoms with Crippen LogP contribution in [0.15, 0.2) is 6.20 Å². The molecule has 5 nitrogen and oxygen atoms in total. The van der Waals surface area contributed by atoms with Crippen molar-refractivity contribution in [2.24, 2.45) is 5.92 Å². The molecule has 3 atom stereocenters. The lowest BCUT2D eigenvalue weighted by molar-refractivity contribution is -0.0577. The lowest BCUT2D eigenvalue weighted by atomic mass is 9.72. The van der Waals surface area contributed by atoms with E-state index >= 15 is 0 Å². The van der Waals surface area contributed by atoms with Gasteiger partial charge in [-0.15, -0.1) is 0 Å². The average molecular weight is 291 g/mol. The van der Waals surface area contributed by atoms with E-state index in [0.717, 1.165) is 50.8 Å². The van der Waals surface area contributed by atoms with Crippen LogP contribution in [0.1, 0.15) is 61.5 Å². The molecule has 21 heavy (non-hydrogen) atoms. The Kier molecular flexibility index (Phi) is 3.78. The van der Waals surface area contributed by atoms with Gasteiger partial charge in [0.2, 0.25) is 0 Å². The molecule has 2 N–H and O–H groups in total. The fourth-order valence-corrected chi connectivity index (χ4v) is 4.13. The summed E-state index contributed by atoms with van der Waals surface area (Å²) in [5.41, 5.74) is 0.843. The van der Waals surface area contributed by atoms with Crippen LogP contribution in [0, 0.1) is 12.8 Å². The van der Waals surface area contributed by atoms with Crippen molar-refractivity contribution in [2.75, 3.05) is 6.54 Å². The Bertz CT molecular complexity index is 523. The van der Waals surface area contributed by atoms with E-state index in [9.17, 15) is 9.90 Å². The number of hydrogen-bond donors (Lipinski definition) is 2. The number of aromatic nitrogens is 2. The first-order valence-electron chi connectivity index (χ1n) is 8.04. The number of H-pyrrole nitrogens is 1. The molecule has 3 rings (SSSR count). The number of likely N-dealkylation sites (tertiary alicyclic amines) is 1. The van der Waals surface area contributed by atoms with E-state index in [1.54, 1.807) is 6.20 Å². The Labute approximate surface area is 125 Å². The van der Waals surface area contributed by atoms with E-state index in [-0.39, 0.29) is 17.9 Å². The molecule has 1 amide bonds. The van der Waals surface area contributed by atoms with Crippen molar-refractivity contribution in [3.05, 3.63) is 17.5 Å². The lowest BCUT2D eigenvalue weighted by Crippen LogP contribution is -2.50. The number of aliphatic hydroxyl groups is 1. The molecule has 0 aromatic carbocycles. The molecule has 1 aliphatic carbocycles. The second-order valence-electron chi connectivity index (χ2n) is 6.83. The molecule has 1 saturated heterocycles. The molecule has 1 saturated carbocycles. The van der Waals surface area contributed by atoms with E-state index in [0.29, 0.717) is 5.56 Å². The molecule has 2 aliphatic rings. The lowest BCUT2D eigenvalue weighted by Gasteiger charge is -2.43. The summed E-state index contributed by atoms with van der Waals surface area (Å²) >= 11 is 0. The minimum Gasteiger partial charge on any atom is -0.390 e. The van der Waals surface area contributed by atoms with Gasteiger partial charge in [-0.25, -0.2) is 0 Å². The fraction of sp³-hybridized carbons (Fsp3) is 0.750. The number of nitrogens with zero attached hydrogens (tertiary/aromatic N) is 2. The van der Waals surface area contributed by atoms with Gasteiger partial charge in [-0.05, 0) is 39.5 Å². The number of aryl methyl sites for hydroxylation is 1. The molecule has 0 radical (unpaired) electrons. The van der Waals surface area contributed by atoms with Crippen LogP contribution in [0.25, 0.3) is 0 Å². The van der Waals surface area contributed by atoms with Crippen molar-refractivity contribution < 1.29 is 9.90 Å². The third kappa shape index (κ3) is 2.59. The summed E-state index contributed by atoms with van der Waals surface area (Å²) in [7, 11) is 0. The van der Waals surface area contributed by atoms with Crippen molar-refractivity contribution >= 4 is 5.91 Å². The molecule has 0 bridgehead atoms. The monoisotopic (exact) mass is 291 g/mol. The summed E-state index contributed by atoms with van der Waals surface area (Å²) in [6.07, 6.45) is 7.76. The van der Waals surface area contributed by atoms with Gasteiger partial charge >= 0.3 is 0 Å². The van der Waals surface area contributed by atoms with Crippen molar-refractivity contribution in [2.45, 2.75) is 64.0 Å². The first-order valence-corrected chi connectivity index (χ1v) is 8.04. The van der Waals surface area contributed by atoms with Gasteiger partial charge in [0.25, 0.3) is 5.91 Å². The molecule has 5 heteroatoms. The highest BCUT2D eigenvalue weighted by atomic mass is 16.3. The zero-order chi connectivity index (χ0) is 15.0. The smallest absolute Gasteiger partial charge is 0.257 e. The molecule has 2 fully saturated rings. The summed E-state index contributed by atoms with van der Waals surface area (Å²) in [6, 6.07) is 0.169. The number of amides is 1. The van der Waals surface area contributed by atoms with Crippen LogP contribution < -0.4 is 0 Å². The Morgan fingerprint density at radius 1 is 1.43 bits per heavy atom. The van der Waals surface area contributed by atoms with Crippen LogP contribution in [0.2, 0.25) is 0 Å². The maximum absolute atomic E-state index is 12.8. The molecule has 1 aliphatic heterocycles. The maximum Gasteiger partial charge on any atom is 0.257 e. The second-order valence-corrected chi connectivity index (χ2v) is 6.83. The number of nitrogens with one attached hydrogen (secondary N) is 1. The molecule has 1 aromatic rings. The van der Waals surface area contributed by atoms with E-state index in [2.05, 4.69) is 10.2 Å². The second kappa shape index (κ2) is 5.44. The molecule has 0 unspecified atom stereocenters. The third-order valence-corrected chi connectivity index (χ3v) is 5.33. The number of aromatic amines is 1. The number of hydrogen-bond acceptors (Lipinski definition) is 3. The van der Waals surface area contributed by atoms with E-state index in [1.165, 1.54) is 0 Å². The molecule has 116 valence electrons. The van der Waals surface area contributed by atoms with Gasteiger partial charge in [0, 0.05) is 24.2 Å². The Hall–Kier alpha value is -1.36. The molecule has 0 spiro atoms. The highest BCUT2D eigenvalue weighted by Gasteiger charge is 2.44. The molecule has 2 heterocycles. The summed E-state index contributed by atoms with van der Waals surface area (Å²) in [4.78, 5) is 14.8. The van der Waals surface area contributed by atoms with Gasteiger partial charge in [-0.1, -0.05) is 12.8 Å². The third-order valence-electron chi connectivity index (χ3n) is 5.33. The quantitative estimate of drug-likeness (QED) is 0.878. The van der Waals surface area contributed by atoms with Crippen molar-refractivity contribution in [3.63, 3.8) is 0 Å². The van der Waals surface area contributed by atoms with Gasteiger partial charge < -0.3 is 10.0 Å². The molecular formula is C16H25N3O2. The van der Waals surface area contributed by atoms with Crippen LogP contribution in [0.3, 0.4) is 0 Å². The summed E-state index contributed by atoms with van der Waals surface area (Å²) < 4.78 is 0. The normalized spacial score (nSPS) is 33.4. The topological polar surface area (TPSA) is 69.2 Å². The number of carbonyl (C=O) groups is 1. The van der Waals surface area contributed by atoms with E-state index < -0.39 is 5.60 Å². The Balaban J connectivity index is 1.82. The van der Waals surface area contributed by atoms with Crippen LogP contribution in [-0.2, 0) is 0 Å². The summed E-state index contributed by atoms with van der Waals surface area (Å²) in [6.45, 7) is 4.61. The molecule has 1 aromatic heterocycles. The van der Waals surface area contributed by atoms with Gasteiger partial charge in [-0.3, -0.25) is 9.89 Å². The first kappa shape index (κ1) is 14.6. The van der Waals surface area contributed by atoms with Crippen LogP contribution in [-0.4, -0.2) is 44.3 Å². The largest absolute Gasteiger partial charge is 0.390 e. The van der Waals surface area contributed by atoms with Crippen LogP contribution in [0.4, 0.5) is 0 Å². The van der Waals surface area contributed by atoms with E-state index in [4.69, 9.17) is 0 Å².